The van der Waals surface area contributed by atoms with Gasteiger partial charge in [-0.3, -0.25) is 0 Å². The van der Waals surface area contributed by atoms with Crippen molar-refractivity contribution in [3.63, 3.8) is 0 Å². The van der Waals surface area contributed by atoms with Crippen LogP contribution in [0.1, 0.15) is 30.5 Å². The molecule has 0 heterocycles. The molecule has 18 heavy (non-hydrogen) atoms. The Balaban J connectivity index is 2.45. The Labute approximate surface area is 107 Å². The summed E-state index contributed by atoms with van der Waals surface area (Å²) >= 11 is 0. The van der Waals surface area contributed by atoms with E-state index in [1.54, 1.807) is 13.0 Å². The number of hydrogen-bond donors (Lipinski definition) is 2. The van der Waals surface area contributed by atoms with Gasteiger partial charge in [0.15, 0.2) is 0 Å². The Morgan fingerprint density at radius 1 is 1.44 bits per heavy atom. The van der Waals surface area contributed by atoms with Crippen molar-refractivity contribution in [2.24, 2.45) is 5.14 Å². The number of nitrogens with two attached hydrogens (primary N) is 1. The first-order valence-corrected chi connectivity index (χ1v) is 7.51. The van der Waals surface area contributed by atoms with Crippen LogP contribution < -0.4 is 10.5 Å². The second kappa shape index (κ2) is 6.26. The molecule has 0 bridgehead atoms. The number of halogens is 1. The van der Waals surface area contributed by atoms with Crippen LogP contribution in [0.15, 0.2) is 18.2 Å². The van der Waals surface area contributed by atoms with Crippen molar-refractivity contribution in [3.8, 4) is 0 Å². The van der Waals surface area contributed by atoms with Gasteiger partial charge in [-0.05, 0) is 44.0 Å². The average molecular weight is 274 g/mol. The van der Waals surface area contributed by atoms with Gasteiger partial charge in [0.1, 0.15) is 5.82 Å². The molecule has 1 aromatic rings. The molecule has 0 aliphatic carbocycles. The van der Waals surface area contributed by atoms with E-state index >= 15 is 0 Å². The number of nitrogens with one attached hydrogen (secondary N) is 1. The molecule has 0 radical (unpaired) electrons. The first-order valence-electron chi connectivity index (χ1n) is 5.79. The topological polar surface area (TPSA) is 72.2 Å². The summed E-state index contributed by atoms with van der Waals surface area (Å²) in [5.74, 6) is -0.277. The lowest BCUT2D eigenvalue weighted by Crippen LogP contribution is -2.24. The van der Waals surface area contributed by atoms with E-state index in [1.165, 1.54) is 6.07 Å². The van der Waals surface area contributed by atoms with Gasteiger partial charge in [0, 0.05) is 6.04 Å². The summed E-state index contributed by atoms with van der Waals surface area (Å²) in [5, 5.41) is 8.03. The van der Waals surface area contributed by atoms with Gasteiger partial charge in [0.25, 0.3) is 0 Å². The van der Waals surface area contributed by atoms with Gasteiger partial charge in [-0.15, -0.1) is 0 Å². The summed E-state index contributed by atoms with van der Waals surface area (Å²) in [6, 6.07) is 5.05. The van der Waals surface area contributed by atoms with E-state index in [0.717, 1.165) is 5.56 Å². The molecule has 1 atom stereocenters. The number of primary sulfonamides is 1. The van der Waals surface area contributed by atoms with Crippen LogP contribution in [0.25, 0.3) is 0 Å². The minimum Gasteiger partial charge on any atom is -0.310 e. The van der Waals surface area contributed by atoms with Crippen LogP contribution in [0.3, 0.4) is 0 Å². The predicted molar refractivity (Wildman–Crippen MR) is 70.1 cm³/mol. The van der Waals surface area contributed by atoms with Crippen LogP contribution in [-0.4, -0.2) is 20.7 Å². The number of sulfonamides is 1. The summed E-state index contributed by atoms with van der Waals surface area (Å²) in [4.78, 5) is 0. The Morgan fingerprint density at radius 2 is 2.11 bits per heavy atom. The summed E-state index contributed by atoms with van der Waals surface area (Å²) in [7, 11) is -3.40. The molecule has 6 heteroatoms. The summed E-state index contributed by atoms with van der Waals surface area (Å²) in [6.07, 6.45) is 0.442. The lowest BCUT2D eigenvalue weighted by molar-refractivity contribution is 0.554. The third-order valence-electron chi connectivity index (χ3n) is 2.75. The van der Waals surface area contributed by atoms with Crippen LogP contribution in [0.2, 0.25) is 0 Å². The number of benzene rings is 1. The van der Waals surface area contributed by atoms with Crippen LogP contribution in [0, 0.1) is 12.7 Å². The Hall–Kier alpha value is -0.980. The Bertz CT molecular complexity index is 503. The van der Waals surface area contributed by atoms with Crippen LogP contribution >= 0.6 is 0 Å². The minimum atomic E-state index is -3.40. The van der Waals surface area contributed by atoms with E-state index in [-0.39, 0.29) is 17.6 Å². The molecule has 0 fully saturated rings. The molecular formula is C12H19FN2O2S. The van der Waals surface area contributed by atoms with Gasteiger partial charge in [0.2, 0.25) is 10.0 Å². The van der Waals surface area contributed by atoms with Gasteiger partial charge in [-0.2, -0.15) is 0 Å². The van der Waals surface area contributed by atoms with Crippen molar-refractivity contribution in [2.75, 3.05) is 12.3 Å². The van der Waals surface area contributed by atoms with Gasteiger partial charge >= 0.3 is 0 Å². The molecule has 0 aromatic heterocycles. The highest BCUT2D eigenvalue weighted by molar-refractivity contribution is 7.89. The summed E-state index contributed by atoms with van der Waals surface area (Å²) < 4.78 is 34.8. The number of aryl methyl sites for hydroxylation is 1. The van der Waals surface area contributed by atoms with Crippen molar-refractivity contribution >= 4 is 10.0 Å². The van der Waals surface area contributed by atoms with Crippen LogP contribution in [0.5, 0.6) is 0 Å². The van der Waals surface area contributed by atoms with Crippen LogP contribution in [-0.2, 0) is 10.0 Å². The fourth-order valence-corrected chi connectivity index (χ4v) is 2.13. The van der Waals surface area contributed by atoms with Gasteiger partial charge in [-0.25, -0.2) is 17.9 Å². The second-order valence-corrected chi connectivity index (χ2v) is 6.14. The van der Waals surface area contributed by atoms with Crippen molar-refractivity contribution in [1.82, 2.24) is 5.32 Å². The van der Waals surface area contributed by atoms with Crippen LogP contribution in [0.4, 0.5) is 4.39 Å². The number of rotatable bonds is 6. The molecule has 3 N–H and O–H groups in total. The third kappa shape index (κ3) is 5.12. The zero-order chi connectivity index (χ0) is 13.8. The molecule has 0 spiro atoms. The van der Waals surface area contributed by atoms with Gasteiger partial charge in [0.05, 0.1) is 5.75 Å². The molecular weight excluding hydrogens is 255 g/mol. The maximum absolute atomic E-state index is 13.4. The van der Waals surface area contributed by atoms with Crippen molar-refractivity contribution < 1.29 is 12.8 Å². The molecule has 1 rings (SSSR count). The quantitative estimate of drug-likeness (QED) is 0.771. The smallest absolute Gasteiger partial charge is 0.209 e. The zero-order valence-electron chi connectivity index (χ0n) is 10.6. The third-order valence-corrected chi connectivity index (χ3v) is 3.61. The monoisotopic (exact) mass is 274 g/mol. The SMILES string of the molecule is Cc1ccc(C(C)NCCCS(N)(=O)=O)cc1F. The minimum absolute atomic E-state index is 0.0272. The molecule has 0 saturated heterocycles. The van der Waals surface area contributed by atoms with E-state index in [1.807, 2.05) is 13.0 Å². The van der Waals surface area contributed by atoms with Crippen molar-refractivity contribution in [1.29, 1.82) is 0 Å². The largest absolute Gasteiger partial charge is 0.310 e. The molecule has 1 aromatic carbocycles. The zero-order valence-corrected chi connectivity index (χ0v) is 11.4. The lowest BCUT2D eigenvalue weighted by Gasteiger charge is -2.14. The predicted octanol–water partition coefficient (Wildman–Crippen LogP) is 1.46. The standard InChI is InChI=1S/C12H19FN2O2S/c1-9-4-5-11(8-12(9)13)10(2)15-6-3-7-18(14,16)17/h4-5,8,10,15H,3,6-7H2,1-2H3,(H2,14,16,17). The van der Waals surface area contributed by atoms with Crippen molar-refractivity contribution in [3.05, 3.63) is 35.1 Å². The maximum Gasteiger partial charge on any atom is 0.209 e. The molecule has 1 unspecified atom stereocenters. The highest BCUT2D eigenvalue weighted by Gasteiger charge is 2.08. The Morgan fingerprint density at radius 3 is 2.67 bits per heavy atom. The first kappa shape index (κ1) is 15.1. The summed E-state index contributed by atoms with van der Waals surface area (Å²) in [6.45, 7) is 4.14. The maximum atomic E-state index is 13.4. The molecule has 0 amide bonds. The Kier molecular flexibility index (Phi) is 5.25. The van der Waals surface area contributed by atoms with E-state index < -0.39 is 10.0 Å². The summed E-state index contributed by atoms with van der Waals surface area (Å²) in [5.41, 5.74) is 1.45. The lowest BCUT2D eigenvalue weighted by atomic mass is 10.1. The fraction of sp³-hybridized carbons (Fsp3) is 0.500. The van der Waals surface area contributed by atoms with E-state index in [0.29, 0.717) is 18.5 Å². The van der Waals surface area contributed by atoms with E-state index in [9.17, 15) is 12.8 Å². The van der Waals surface area contributed by atoms with E-state index in [4.69, 9.17) is 5.14 Å². The molecule has 4 nitrogen and oxygen atoms in total. The van der Waals surface area contributed by atoms with E-state index in [2.05, 4.69) is 5.32 Å². The van der Waals surface area contributed by atoms with Gasteiger partial charge < -0.3 is 5.32 Å². The molecule has 102 valence electrons. The van der Waals surface area contributed by atoms with Crippen molar-refractivity contribution in [2.45, 2.75) is 26.3 Å². The van der Waals surface area contributed by atoms with Gasteiger partial charge in [-0.1, -0.05) is 12.1 Å². The molecule has 0 saturated carbocycles. The molecule has 0 aliphatic rings. The fourth-order valence-electron chi connectivity index (χ4n) is 1.59. The molecule has 0 aliphatic heterocycles. The second-order valence-electron chi connectivity index (χ2n) is 4.40. The highest BCUT2D eigenvalue weighted by Crippen LogP contribution is 2.16. The normalized spacial score (nSPS) is 13.6. The average Bonchev–Trinajstić information content (AvgIpc) is 2.26. The number of hydrogen-bond acceptors (Lipinski definition) is 3. The highest BCUT2D eigenvalue weighted by atomic mass is 32.2. The first-order chi connectivity index (χ1) is 8.29.